The molecule has 1 aliphatic carbocycles. The lowest BCUT2D eigenvalue weighted by molar-refractivity contribution is 0.0115. The minimum absolute atomic E-state index is 0.111. The highest BCUT2D eigenvalue weighted by Crippen LogP contribution is 2.39. The molecule has 38 heavy (non-hydrogen) atoms. The van der Waals surface area contributed by atoms with Crippen molar-refractivity contribution in [1.29, 1.82) is 0 Å². The van der Waals surface area contributed by atoms with Gasteiger partial charge in [-0.3, -0.25) is 15.0 Å². The summed E-state index contributed by atoms with van der Waals surface area (Å²) in [5.41, 5.74) is 2.47. The van der Waals surface area contributed by atoms with Crippen molar-refractivity contribution in [2.24, 2.45) is 0 Å². The van der Waals surface area contributed by atoms with Gasteiger partial charge < -0.3 is 19.5 Å². The van der Waals surface area contributed by atoms with Crippen molar-refractivity contribution < 1.29 is 9.53 Å². The number of pyridine rings is 1. The van der Waals surface area contributed by atoms with E-state index >= 15 is 0 Å². The molecule has 0 amide bonds. The molecule has 1 spiro atoms. The first kappa shape index (κ1) is 24.0. The number of hydrogen-bond acceptors (Lipinski definition) is 9. The van der Waals surface area contributed by atoms with E-state index in [1.54, 1.807) is 0 Å². The molecule has 1 saturated carbocycles. The lowest BCUT2D eigenvalue weighted by atomic mass is 9.87. The van der Waals surface area contributed by atoms with Gasteiger partial charge in [0.25, 0.3) is 0 Å². The zero-order chi connectivity index (χ0) is 25.5. The predicted molar refractivity (Wildman–Crippen MR) is 146 cm³/mol. The van der Waals surface area contributed by atoms with Gasteiger partial charge >= 0.3 is 0 Å². The quantitative estimate of drug-likeness (QED) is 0.541. The van der Waals surface area contributed by atoms with Crippen LogP contribution in [0, 0.1) is 0 Å². The summed E-state index contributed by atoms with van der Waals surface area (Å²) in [7, 11) is 0. The van der Waals surface area contributed by atoms with Crippen LogP contribution < -0.4 is 15.5 Å². The first-order chi connectivity index (χ1) is 18.7. The molecule has 3 fully saturated rings. The zero-order valence-electron chi connectivity index (χ0n) is 21.9. The van der Waals surface area contributed by atoms with Gasteiger partial charge in [-0.2, -0.15) is 4.98 Å². The lowest BCUT2D eigenvalue weighted by Crippen LogP contribution is -2.55. The summed E-state index contributed by atoms with van der Waals surface area (Å²) < 4.78 is 7.66. The predicted octanol–water partition coefficient (Wildman–Crippen LogP) is 3.27. The molecular weight excluding hydrogens is 480 g/mol. The Morgan fingerprint density at radius 3 is 2.58 bits per heavy atom. The average Bonchev–Trinajstić information content (AvgIpc) is 3.38. The number of ketones is 1. The van der Waals surface area contributed by atoms with Gasteiger partial charge in [-0.1, -0.05) is 6.42 Å². The van der Waals surface area contributed by atoms with Crippen molar-refractivity contribution in [2.45, 2.75) is 56.7 Å². The molecule has 2 N–H and O–H groups in total. The molecule has 10 nitrogen and oxygen atoms in total. The van der Waals surface area contributed by atoms with E-state index in [9.17, 15) is 4.79 Å². The van der Waals surface area contributed by atoms with Gasteiger partial charge in [0.2, 0.25) is 5.95 Å². The fraction of sp³-hybridized carbons (Fsp3) is 0.571. The highest BCUT2D eigenvalue weighted by atomic mass is 16.5. The Balaban J connectivity index is 1.07. The summed E-state index contributed by atoms with van der Waals surface area (Å²) in [5, 5.41) is 7.74. The number of ether oxygens (including phenoxy) is 1. The van der Waals surface area contributed by atoms with Crippen LogP contribution in [0.4, 0.5) is 17.5 Å². The van der Waals surface area contributed by atoms with Gasteiger partial charge in [-0.25, -0.2) is 9.97 Å². The molecule has 3 aromatic rings. The molecule has 0 radical (unpaired) electrons. The molecule has 2 saturated heterocycles. The van der Waals surface area contributed by atoms with Crippen LogP contribution in [0.5, 0.6) is 0 Å². The molecule has 6 heterocycles. The van der Waals surface area contributed by atoms with E-state index in [0.717, 1.165) is 87.5 Å². The van der Waals surface area contributed by atoms with Crippen LogP contribution in [0.25, 0.3) is 11.0 Å². The molecule has 200 valence electrons. The number of morpholine rings is 1. The van der Waals surface area contributed by atoms with Gasteiger partial charge in [0.1, 0.15) is 11.5 Å². The highest BCUT2D eigenvalue weighted by molar-refractivity contribution is 6.01. The van der Waals surface area contributed by atoms with E-state index in [1.807, 2.05) is 24.5 Å². The monoisotopic (exact) mass is 516 g/mol. The van der Waals surface area contributed by atoms with E-state index in [4.69, 9.17) is 9.72 Å². The molecule has 3 aromatic heterocycles. The molecule has 3 aliphatic heterocycles. The van der Waals surface area contributed by atoms with E-state index in [2.05, 4.69) is 41.0 Å². The molecule has 7 rings (SSSR count). The molecule has 0 aromatic carbocycles. The summed E-state index contributed by atoms with van der Waals surface area (Å²) in [6.45, 7) is 6.31. The summed E-state index contributed by atoms with van der Waals surface area (Å²) in [6.07, 6.45) is 11.7. The zero-order valence-corrected chi connectivity index (χ0v) is 21.9. The summed E-state index contributed by atoms with van der Waals surface area (Å²) >= 11 is 0. The molecular formula is C28H36N8O2. The van der Waals surface area contributed by atoms with Gasteiger partial charge in [-0.05, 0) is 56.7 Å². The number of carbonyl (C=O) groups excluding carboxylic acids is 1. The van der Waals surface area contributed by atoms with Gasteiger partial charge in [0.05, 0.1) is 43.0 Å². The van der Waals surface area contributed by atoms with Crippen LogP contribution >= 0.6 is 0 Å². The van der Waals surface area contributed by atoms with Crippen molar-refractivity contribution in [2.75, 3.05) is 56.2 Å². The number of aromatic nitrogens is 4. The highest BCUT2D eigenvalue weighted by Gasteiger charge is 2.41. The topological polar surface area (TPSA) is 100 Å². The standard InChI is InChI=1S/C28H36N8O2/c37-24-19-31-28(8-2-1-3-9-28)36-23(24)16-20-17-30-27(33-26(20)36)32-25-5-4-22(18-29-25)34-10-6-21(7-11-34)35-12-14-38-15-13-35/h4-5,16-18,21,31H,1-3,6-15,19H2,(H,29,30,32,33). The third-order valence-corrected chi connectivity index (χ3v) is 8.89. The number of hydrogen-bond donors (Lipinski definition) is 2. The molecule has 0 atom stereocenters. The first-order valence-corrected chi connectivity index (χ1v) is 14.2. The maximum Gasteiger partial charge on any atom is 0.230 e. The number of Topliss-reactive ketones (excluding diaryl/α,β-unsaturated/α-hetero) is 1. The Labute approximate surface area is 222 Å². The largest absolute Gasteiger partial charge is 0.379 e. The second kappa shape index (κ2) is 9.91. The number of anilines is 3. The Morgan fingerprint density at radius 2 is 1.82 bits per heavy atom. The van der Waals surface area contributed by atoms with Crippen molar-refractivity contribution in [3.05, 3.63) is 36.3 Å². The molecule has 0 bridgehead atoms. The van der Waals surface area contributed by atoms with Crippen molar-refractivity contribution in [3.63, 3.8) is 0 Å². The third kappa shape index (κ3) is 4.34. The fourth-order valence-electron chi connectivity index (χ4n) is 6.83. The number of fused-ring (bicyclic) bond motifs is 4. The SMILES string of the molecule is O=C1CNC2(CCCCC2)n2c1cc1cnc(Nc3ccc(N4CCC(N5CCOCC5)CC4)cn3)nc12. The Kier molecular flexibility index (Phi) is 6.25. The second-order valence-electron chi connectivity index (χ2n) is 11.1. The number of nitrogens with zero attached hydrogens (tertiary/aromatic N) is 6. The summed E-state index contributed by atoms with van der Waals surface area (Å²) in [5.74, 6) is 1.32. The van der Waals surface area contributed by atoms with E-state index in [1.165, 1.54) is 19.3 Å². The van der Waals surface area contributed by atoms with E-state index in [0.29, 0.717) is 24.4 Å². The van der Waals surface area contributed by atoms with Crippen LogP contribution in [0.1, 0.15) is 55.4 Å². The third-order valence-electron chi connectivity index (χ3n) is 8.89. The number of piperidine rings is 1. The average molecular weight is 517 g/mol. The van der Waals surface area contributed by atoms with Gasteiger partial charge in [-0.15, -0.1) is 0 Å². The maximum absolute atomic E-state index is 12.7. The van der Waals surface area contributed by atoms with Crippen molar-refractivity contribution in [1.82, 2.24) is 29.7 Å². The number of carbonyl (C=O) groups is 1. The van der Waals surface area contributed by atoms with Crippen LogP contribution in [-0.2, 0) is 10.4 Å². The fourth-order valence-corrected chi connectivity index (χ4v) is 6.83. The number of rotatable bonds is 4. The van der Waals surface area contributed by atoms with Crippen LogP contribution in [0.3, 0.4) is 0 Å². The summed E-state index contributed by atoms with van der Waals surface area (Å²) in [6, 6.07) is 6.74. The van der Waals surface area contributed by atoms with Gasteiger partial charge in [0.15, 0.2) is 5.78 Å². The van der Waals surface area contributed by atoms with E-state index < -0.39 is 0 Å². The summed E-state index contributed by atoms with van der Waals surface area (Å²) in [4.78, 5) is 31.9. The molecule has 10 heteroatoms. The van der Waals surface area contributed by atoms with Crippen LogP contribution in [0.2, 0.25) is 0 Å². The molecule has 4 aliphatic rings. The van der Waals surface area contributed by atoms with Crippen LogP contribution in [-0.4, -0.2) is 82.2 Å². The van der Waals surface area contributed by atoms with E-state index in [-0.39, 0.29) is 11.4 Å². The Hall–Kier alpha value is -3.08. The number of nitrogens with one attached hydrogen (secondary N) is 2. The smallest absolute Gasteiger partial charge is 0.230 e. The first-order valence-electron chi connectivity index (χ1n) is 14.2. The minimum Gasteiger partial charge on any atom is -0.379 e. The van der Waals surface area contributed by atoms with Crippen LogP contribution in [0.15, 0.2) is 30.6 Å². The Morgan fingerprint density at radius 1 is 1.00 bits per heavy atom. The lowest BCUT2D eigenvalue weighted by Gasteiger charge is -2.43. The normalized spacial score (nSPS) is 22.6. The molecule has 0 unspecified atom stereocenters. The van der Waals surface area contributed by atoms with Crippen molar-refractivity contribution >= 4 is 34.3 Å². The maximum atomic E-state index is 12.7. The second-order valence-corrected chi connectivity index (χ2v) is 11.1. The van der Waals surface area contributed by atoms with Gasteiger partial charge in [0, 0.05) is 43.8 Å². The Bertz CT molecular complexity index is 1300. The van der Waals surface area contributed by atoms with Crippen molar-refractivity contribution in [3.8, 4) is 0 Å². The minimum atomic E-state index is -0.232.